The molecule has 0 radical (unpaired) electrons. The summed E-state index contributed by atoms with van der Waals surface area (Å²) in [7, 11) is 3.29. The molecule has 1 fully saturated rings. The molecule has 1 aliphatic rings. The van der Waals surface area contributed by atoms with Crippen molar-refractivity contribution < 1.29 is 14.3 Å². The van der Waals surface area contributed by atoms with Gasteiger partial charge in [-0.1, -0.05) is 25.8 Å². The number of methoxy groups -OCH3 is 2. The van der Waals surface area contributed by atoms with Gasteiger partial charge in [-0.2, -0.15) is 0 Å². The Bertz CT molecular complexity index is 495. The predicted molar refractivity (Wildman–Crippen MR) is 87.4 cm³/mol. The van der Waals surface area contributed by atoms with Crippen molar-refractivity contribution in [2.45, 2.75) is 39.0 Å². The number of hydrogen-bond acceptors (Lipinski definition) is 3. The summed E-state index contributed by atoms with van der Waals surface area (Å²) in [5, 5.41) is 3.06. The Morgan fingerprint density at radius 2 is 2.00 bits per heavy atom. The summed E-state index contributed by atoms with van der Waals surface area (Å²) in [5.74, 6) is 2.45. The maximum Gasteiger partial charge on any atom is 0.223 e. The second-order valence-electron chi connectivity index (χ2n) is 6.05. The zero-order valence-electron chi connectivity index (χ0n) is 13.9. The number of ether oxygens (including phenoxy) is 2. The Morgan fingerprint density at radius 3 is 2.64 bits per heavy atom. The molecule has 122 valence electrons. The maximum atomic E-state index is 12.2. The van der Waals surface area contributed by atoms with Gasteiger partial charge >= 0.3 is 0 Å². The molecule has 1 N–H and O–H groups in total. The molecule has 4 nitrogen and oxygen atoms in total. The van der Waals surface area contributed by atoms with E-state index < -0.39 is 0 Å². The molecule has 1 aliphatic carbocycles. The quantitative estimate of drug-likeness (QED) is 0.841. The SMILES string of the molecule is COc1ccc(CCNC(=O)C(C)C2CCCC2)c(OC)c1. The summed E-state index contributed by atoms with van der Waals surface area (Å²) in [6.45, 7) is 2.69. The minimum atomic E-state index is 0.125. The van der Waals surface area contributed by atoms with Gasteiger partial charge in [-0.15, -0.1) is 0 Å². The smallest absolute Gasteiger partial charge is 0.223 e. The van der Waals surface area contributed by atoms with E-state index in [-0.39, 0.29) is 11.8 Å². The van der Waals surface area contributed by atoms with E-state index in [2.05, 4.69) is 12.2 Å². The standard InChI is InChI=1S/C18H27NO3/c1-13(14-6-4-5-7-14)18(20)19-11-10-15-8-9-16(21-2)12-17(15)22-3/h8-9,12-14H,4-7,10-11H2,1-3H3,(H,19,20). The lowest BCUT2D eigenvalue weighted by Gasteiger charge is -2.18. The van der Waals surface area contributed by atoms with Crippen LogP contribution in [-0.2, 0) is 11.2 Å². The molecule has 1 aromatic carbocycles. The minimum Gasteiger partial charge on any atom is -0.497 e. The van der Waals surface area contributed by atoms with E-state index in [1.54, 1.807) is 14.2 Å². The van der Waals surface area contributed by atoms with Crippen molar-refractivity contribution in [1.29, 1.82) is 0 Å². The second kappa shape index (κ2) is 8.06. The highest BCUT2D eigenvalue weighted by molar-refractivity contribution is 5.78. The van der Waals surface area contributed by atoms with Crippen LogP contribution in [0.5, 0.6) is 11.5 Å². The molecular formula is C18H27NO3. The number of amides is 1. The monoisotopic (exact) mass is 305 g/mol. The first-order valence-corrected chi connectivity index (χ1v) is 8.14. The molecule has 0 aliphatic heterocycles. The summed E-state index contributed by atoms with van der Waals surface area (Å²) in [6.07, 6.45) is 5.69. The Kier molecular flexibility index (Phi) is 6.10. The second-order valence-corrected chi connectivity index (χ2v) is 6.05. The molecule has 1 aromatic rings. The summed E-state index contributed by atoms with van der Waals surface area (Å²) in [6, 6.07) is 5.78. The minimum absolute atomic E-state index is 0.125. The Labute approximate surface area is 133 Å². The Balaban J connectivity index is 1.84. The van der Waals surface area contributed by atoms with Crippen LogP contribution in [0.4, 0.5) is 0 Å². The fraction of sp³-hybridized carbons (Fsp3) is 0.611. The zero-order chi connectivity index (χ0) is 15.9. The van der Waals surface area contributed by atoms with E-state index >= 15 is 0 Å². The highest BCUT2D eigenvalue weighted by Gasteiger charge is 2.26. The van der Waals surface area contributed by atoms with E-state index in [0.717, 1.165) is 23.5 Å². The Morgan fingerprint density at radius 1 is 1.27 bits per heavy atom. The highest BCUT2D eigenvalue weighted by atomic mass is 16.5. The van der Waals surface area contributed by atoms with E-state index in [1.807, 2.05) is 18.2 Å². The first kappa shape index (κ1) is 16.7. The van der Waals surface area contributed by atoms with E-state index in [0.29, 0.717) is 12.5 Å². The average molecular weight is 305 g/mol. The predicted octanol–water partition coefficient (Wildman–Crippen LogP) is 3.19. The van der Waals surface area contributed by atoms with Gasteiger partial charge in [0.05, 0.1) is 14.2 Å². The van der Waals surface area contributed by atoms with Crippen LogP contribution in [0, 0.1) is 11.8 Å². The summed E-state index contributed by atoms with van der Waals surface area (Å²) in [5.41, 5.74) is 1.08. The third kappa shape index (κ3) is 4.15. The molecule has 22 heavy (non-hydrogen) atoms. The van der Waals surface area contributed by atoms with E-state index in [9.17, 15) is 4.79 Å². The summed E-state index contributed by atoms with van der Waals surface area (Å²) in [4.78, 5) is 12.2. The molecular weight excluding hydrogens is 278 g/mol. The number of nitrogens with one attached hydrogen (secondary N) is 1. The lowest BCUT2D eigenvalue weighted by molar-refractivity contribution is -0.125. The summed E-state index contributed by atoms with van der Waals surface area (Å²) < 4.78 is 10.6. The molecule has 4 heteroatoms. The zero-order valence-corrected chi connectivity index (χ0v) is 13.9. The molecule has 1 amide bonds. The van der Waals surface area contributed by atoms with Gasteiger partial charge in [0.1, 0.15) is 11.5 Å². The van der Waals surface area contributed by atoms with Gasteiger partial charge in [0.15, 0.2) is 0 Å². The molecule has 0 saturated heterocycles. The van der Waals surface area contributed by atoms with Crippen molar-refractivity contribution in [2.24, 2.45) is 11.8 Å². The maximum absolute atomic E-state index is 12.2. The van der Waals surface area contributed by atoms with Crippen LogP contribution in [0.2, 0.25) is 0 Å². The van der Waals surface area contributed by atoms with Gasteiger partial charge < -0.3 is 14.8 Å². The third-order valence-electron chi connectivity index (χ3n) is 4.71. The third-order valence-corrected chi connectivity index (χ3v) is 4.71. The van der Waals surface area contributed by atoms with Crippen LogP contribution in [-0.4, -0.2) is 26.7 Å². The molecule has 0 heterocycles. The number of hydrogen-bond donors (Lipinski definition) is 1. The average Bonchev–Trinajstić information content (AvgIpc) is 3.08. The summed E-state index contributed by atoms with van der Waals surface area (Å²) >= 11 is 0. The lowest BCUT2D eigenvalue weighted by atomic mass is 9.92. The first-order valence-electron chi connectivity index (χ1n) is 8.14. The van der Waals surface area contributed by atoms with Crippen LogP contribution in [0.3, 0.4) is 0 Å². The molecule has 0 aromatic heterocycles. The van der Waals surface area contributed by atoms with Crippen LogP contribution in [0.15, 0.2) is 18.2 Å². The van der Waals surface area contributed by atoms with Crippen LogP contribution in [0.1, 0.15) is 38.2 Å². The van der Waals surface area contributed by atoms with Crippen molar-refractivity contribution in [2.75, 3.05) is 20.8 Å². The molecule has 1 saturated carbocycles. The van der Waals surface area contributed by atoms with E-state index in [1.165, 1.54) is 25.7 Å². The van der Waals surface area contributed by atoms with Gasteiger partial charge in [0.25, 0.3) is 0 Å². The number of benzene rings is 1. The van der Waals surface area contributed by atoms with Crippen molar-refractivity contribution in [3.8, 4) is 11.5 Å². The van der Waals surface area contributed by atoms with Crippen molar-refractivity contribution >= 4 is 5.91 Å². The normalized spacial score (nSPS) is 16.3. The van der Waals surface area contributed by atoms with Gasteiger partial charge in [-0.3, -0.25) is 4.79 Å². The van der Waals surface area contributed by atoms with Gasteiger partial charge in [0, 0.05) is 18.5 Å². The van der Waals surface area contributed by atoms with Crippen LogP contribution in [0.25, 0.3) is 0 Å². The first-order chi connectivity index (χ1) is 10.7. The van der Waals surface area contributed by atoms with Crippen molar-refractivity contribution in [1.82, 2.24) is 5.32 Å². The van der Waals surface area contributed by atoms with Crippen molar-refractivity contribution in [3.05, 3.63) is 23.8 Å². The highest BCUT2D eigenvalue weighted by Crippen LogP contribution is 2.31. The lowest BCUT2D eigenvalue weighted by Crippen LogP contribution is -2.34. The Hall–Kier alpha value is -1.71. The molecule has 0 spiro atoms. The molecule has 2 rings (SSSR count). The van der Waals surface area contributed by atoms with Crippen molar-refractivity contribution in [3.63, 3.8) is 0 Å². The topological polar surface area (TPSA) is 47.6 Å². The van der Waals surface area contributed by atoms with Crippen LogP contribution >= 0.6 is 0 Å². The number of carbonyl (C=O) groups is 1. The fourth-order valence-corrected chi connectivity index (χ4v) is 3.21. The number of carbonyl (C=O) groups excluding carboxylic acids is 1. The molecule has 1 unspecified atom stereocenters. The van der Waals surface area contributed by atoms with Gasteiger partial charge in [-0.25, -0.2) is 0 Å². The van der Waals surface area contributed by atoms with Crippen LogP contribution < -0.4 is 14.8 Å². The molecule has 1 atom stereocenters. The number of rotatable bonds is 7. The van der Waals surface area contributed by atoms with Gasteiger partial charge in [-0.05, 0) is 36.8 Å². The fourth-order valence-electron chi connectivity index (χ4n) is 3.21. The molecule has 0 bridgehead atoms. The van der Waals surface area contributed by atoms with E-state index in [4.69, 9.17) is 9.47 Å². The largest absolute Gasteiger partial charge is 0.497 e. The van der Waals surface area contributed by atoms with Gasteiger partial charge in [0.2, 0.25) is 5.91 Å².